The zero-order valence-electron chi connectivity index (χ0n) is 9.30. The molecule has 7 heteroatoms. The highest BCUT2D eigenvalue weighted by atomic mass is 32.2. The average molecular weight is 253 g/mol. The van der Waals surface area contributed by atoms with Crippen LogP contribution in [0.25, 0.3) is 0 Å². The van der Waals surface area contributed by atoms with Gasteiger partial charge in [-0.2, -0.15) is 5.26 Å². The number of hydrogen-bond donors (Lipinski definition) is 2. The molecule has 0 heterocycles. The van der Waals surface area contributed by atoms with Crippen molar-refractivity contribution in [3.8, 4) is 6.07 Å². The van der Waals surface area contributed by atoms with Crippen LogP contribution in [-0.2, 0) is 11.1 Å². The first-order valence-electron chi connectivity index (χ1n) is 4.59. The van der Waals surface area contributed by atoms with E-state index in [9.17, 15) is 9.00 Å². The molecule has 0 radical (unpaired) electrons. The summed E-state index contributed by atoms with van der Waals surface area (Å²) in [7, 11) is 3.16. The Hall–Kier alpha value is -1.91. The lowest BCUT2D eigenvalue weighted by Gasteiger charge is -2.12. The Balaban J connectivity index is 3.03. The number of carbonyl (C=O) groups is 1. The minimum absolute atomic E-state index is 0.0235. The highest BCUT2D eigenvalue weighted by Crippen LogP contribution is 2.17. The van der Waals surface area contributed by atoms with Gasteiger partial charge in [0.05, 0.1) is 10.5 Å². The highest BCUT2D eigenvalue weighted by Gasteiger charge is 2.10. The lowest BCUT2D eigenvalue weighted by molar-refractivity contribution is 0.230. The molecule has 6 nitrogen and oxygen atoms in total. The molecule has 0 aliphatic rings. The first-order chi connectivity index (χ1) is 7.95. The molecule has 0 aromatic heterocycles. The maximum Gasteiger partial charge on any atom is 0.321 e. The van der Waals surface area contributed by atoms with Gasteiger partial charge in [0, 0.05) is 19.8 Å². The van der Waals surface area contributed by atoms with Crippen LogP contribution in [0.3, 0.4) is 0 Å². The van der Waals surface area contributed by atoms with E-state index < -0.39 is 11.1 Å². The second-order valence-corrected chi connectivity index (χ2v) is 4.33. The molecule has 17 heavy (non-hydrogen) atoms. The van der Waals surface area contributed by atoms with Crippen molar-refractivity contribution in [2.45, 2.75) is 4.90 Å². The van der Waals surface area contributed by atoms with Gasteiger partial charge in [0.1, 0.15) is 6.07 Å². The fourth-order valence-electron chi connectivity index (χ4n) is 1.08. The fourth-order valence-corrected chi connectivity index (χ4v) is 1.56. The minimum Gasteiger partial charge on any atom is -0.331 e. The number of nitriles is 1. The van der Waals surface area contributed by atoms with Crippen molar-refractivity contribution in [2.24, 2.45) is 0 Å². The topological polar surface area (TPSA) is 93.4 Å². The summed E-state index contributed by atoms with van der Waals surface area (Å²) in [5, 5.41) is 11.4. The second-order valence-electron chi connectivity index (χ2n) is 3.40. The van der Waals surface area contributed by atoms with Crippen LogP contribution in [0.5, 0.6) is 0 Å². The molecule has 90 valence electrons. The summed E-state index contributed by atoms with van der Waals surface area (Å²) in [4.78, 5) is 12.7. The van der Waals surface area contributed by atoms with Gasteiger partial charge in [0.25, 0.3) is 0 Å². The Morgan fingerprint density at radius 3 is 2.65 bits per heavy atom. The third kappa shape index (κ3) is 3.27. The molecule has 0 bridgehead atoms. The van der Waals surface area contributed by atoms with Gasteiger partial charge in [-0.25, -0.2) is 9.00 Å². The van der Waals surface area contributed by atoms with E-state index in [1.54, 1.807) is 20.2 Å². The van der Waals surface area contributed by atoms with Crippen LogP contribution in [0.4, 0.5) is 10.5 Å². The zero-order chi connectivity index (χ0) is 13.0. The number of anilines is 1. The zero-order valence-corrected chi connectivity index (χ0v) is 10.1. The van der Waals surface area contributed by atoms with Gasteiger partial charge in [0.2, 0.25) is 0 Å². The molecule has 0 aliphatic carbocycles. The van der Waals surface area contributed by atoms with Gasteiger partial charge in [-0.15, -0.1) is 0 Å². The van der Waals surface area contributed by atoms with Crippen molar-refractivity contribution in [1.82, 2.24) is 4.90 Å². The molecule has 2 amide bonds. The molecule has 0 saturated carbocycles. The van der Waals surface area contributed by atoms with Crippen LogP contribution in [0.15, 0.2) is 23.1 Å². The Bertz CT molecular complexity index is 508. The first kappa shape index (κ1) is 13.2. The lowest BCUT2D eigenvalue weighted by Crippen LogP contribution is -2.27. The number of urea groups is 1. The van der Waals surface area contributed by atoms with Crippen LogP contribution in [0, 0.1) is 11.3 Å². The second kappa shape index (κ2) is 5.43. The van der Waals surface area contributed by atoms with Crippen molar-refractivity contribution in [1.29, 1.82) is 5.26 Å². The predicted molar refractivity (Wildman–Crippen MR) is 62.9 cm³/mol. The molecule has 2 N–H and O–H groups in total. The number of benzene rings is 1. The number of nitrogens with one attached hydrogen (secondary N) is 1. The quantitative estimate of drug-likeness (QED) is 0.775. The summed E-state index contributed by atoms with van der Waals surface area (Å²) in [6.45, 7) is 0. The van der Waals surface area contributed by atoms with Gasteiger partial charge in [0.15, 0.2) is 11.1 Å². The summed E-state index contributed by atoms with van der Waals surface area (Å²) in [6.07, 6.45) is 0. The van der Waals surface area contributed by atoms with E-state index in [2.05, 4.69) is 5.32 Å². The van der Waals surface area contributed by atoms with E-state index in [1.807, 2.05) is 0 Å². The number of carbonyl (C=O) groups excluding carboxylic acids is 1. The van der Waals surface area contributed by atoms with Crippen LogP contribution >= 0.6 is 0 Å². The van der Waals surface area contributed by atoms with E-state index in [4.69, 9.17) is 9.81 Å². The van der Waals surface area contributed by atoms with Gasteiger partial charge in [-0.1, -0.05) is 0 Å². The van der Waals surface area contributed by atoms with Crippen molar-refractivity contribution in [2.75, 3.05) is 19.4 Å². The molecule has 0 aliphatic heterocycles. The normalized spacial score (nSPS) is 11.4. The Labute approximate surface area is 101 Å². The molecule has 1 unspecified atom stereocenters. The summed E-state index contributed by atoms with van der Waals surface area (Å²) in [5.41, 5.74) is 0.455. The Kier molecular flexibility index (Phi) is 4.20. The monoisotopic (exact) mass is 253 g/mol. The van der Waals surface area contributed by atoms with Crippen LogP contribution in [-0.4, -0.2) is 33.8 Å². The van der Waals surface area contributed by atoms with Crippen molar-refractivity contribution in [3.05, 3.63) is 23.8 Å². The summed E-state index contributed by atoms with van der Waals surface area (Å²) >= 11 is -2.22. The number of amides is 2. The fraction of sp³-hybridized carbons (Fsp3) is 0.200. The highest BCUT2D eigenvalue weighted by molar-refractivity contribution is 7.79. The standard InChI is InChI=1S/C10H11N3O3S/c1-13(2)10(14)12-8-3-4-9(17(15)16)7(5-8)6-11/h3-5H,1-2H3,(H,12,14)(H,15,16). The number of hydrogen-bond acceptors (Lipinski definition) is 3. The maximum absolute atomic E-state index is 11.4. The molecule has 0 spiro atoms. The number of rotatable bonds is 2. The average Bonchev–Trinajstić information content (AvgIpc) is 2.28. The lowest BCUT2D eigenvalue weighted by atomic mass is 10.2. The third-order valence-corrected chi connectivity index (χ3v) is 2.68. The smallest absolute Gasteiger partial charge is 0.321 e. The van der Waals surface area contributed by atoms with Crippen molar-refractivity contribution in [3.63, 3.8) is 0 Å². The molecule has 0 saturated heterocycles. The Morgan fingerprint density at radius 2 is 2.18 bits per heavy atom. The molecule has 1 rings (SSSR count). The maximum atomic E-state index is 11.4. The third-order valence-electron chi connectivity index (χ3n) is 1.95. The van der Waals surface area contributed by atoms with Gasteiger partial charge in [-0.05, 0) is 18.2 Å². The molecule has 1 aromatic carbocycles. The first-order valence-corrected chi connectivity index (χ1v) is 5.69. The predicted octanol–water partition coefficient (Wildman–Crippen LogP) is 1.23. The summed E-state index contributed by atoms with van der Waals surface area (Å²) in [6, 6.07) is 5.61. The van der Waals surface area contributed by atoms with E-state index >= 15 is 0 Å². The van der Waals surface area contributed by atoms with Crippen LogP contribution in [0.2, 0.25) is 0 Å². The van der Waals surface area contributed by atoms with E-state index in [0.29, 0.717) is 5.69 Å². The summed E-state index contributed by atoms with van der Waals surface area (Å²) < 4.78 is 19.8. The molecule has 1 aromatic rings. The van der Waals surface area contributed by atoms with Crippen molar-refractivity contribution >= 4 is 22.8 Å². The largest absolute Gasteiger partial charge is 0.331 e. The van der Waals surface area contributed by atoms with Gasteiger partial charge >= 0.3 is 6.03 Å². The van der Waals surface area contributed by atoms with Crippen LogP contribution in [0.1, 0.15) is 5.56 Å². The molecular weight excluding hydrogens is 242 g/mol. The SMILES string of the molecule is CN(C)C(=O)Nc1ccc(S(=O)O)c(C#N)c1. The minimum atomic E-state index is -2.22. The molecule has 1 atom stereocenters. The molecule has 0 fully saturated rings. The van der Waals surface area contributed by atoms with Crippen molar-refractivity contribution < 1.29 is 13.6 Å². The Morgan fingerprint density at radius 1 is 1.53 bits per heavy atom. The van der Waals surface area contributed by atoms with Gasteiger partial charge < -0.3 is 14.8 Å². The summed E-state index contributed by atoms with van der Waals surface area (Å²) in [5.74, 6) is 0. The van der Waals surface area contributed by atoms with E-state index in [1.165, 1.54) is 23.1 Å². The molecular formula is C10H11N3O3S. The van der Waals surface area contributed by atoms with E-state index in [0.717, 1.165) is 0 Å². The van der Waals surface area contributed by atoms with E-state index in [-0.39, 0.29) is 16.5 Å². The van der Waals surface area contributed by atoms with Crippen LogP contribution < -0.4 is 5.32 Å². The number of nitrogens with zero attached hydrogens (tertiary/aromatic N) is 2. The van der Waals surface area contributed by atoms with Gasteiger partial charge in [-0.3, -0.25) is 0 Å².